The molecule has 3 aromatic heterocycles. The van der Waals surface area contributed by atoms with E-state index in [4.69, 9.17) is 0 Å². The first-order valence-electron chi connectivity index (χ1n) is 6.87. The van der Waals surface area contributed by atoms with Crippen molar-refractivity contribution in [3.05, 3.63) is 30.6 Å². The molecule has 0 spiro atoms. The van der Waals surface area contributed by atoms with E-state index in [2.05, 4.69) is 14.4 Å². The first kappa shape index (κ1) is 13.9. The van der Waals surface area contributed by atoms with Crippen LogP contribution in [0.15, 0.2) is 30.6 Å². The van der Waals surface area contributed by atoms with Crippen LogP contribution in [0.25, 0.3) is 16.7 Å². The minimum Gasteiger partial charge on any atom is -0.360 e. The van der Waals surface area contributed by atoms with Gasteiger partial charge in [-0.3, -0.25) is 4.40 Å². The van der Waals surface area contributed by atoms with Crippen LogP contribution in [0.1, 0.15) is 6.92 Å². The van der Waals surface area contributed by atoms with Crippen molar-refractivity contribution in [3.8, 4) is 0 Å². The summed E-state index contributed by atoms with van der Waals surface area (Å²) in [6, 6.07) is 5.94. The third-order valence-electron chi connectivity index (χ3n) is 3.73. The molecule has 0 radical (unpaired) electrons. The van der Waals surface area contributed by atoms with Gasteiger partial charge in [0.25, 0.3) is 0 Å². The lowest BCUT2D eigenvalue weighted by atomic mass is 10.5. The summed E-state index contributed by atoms with van der Waals surface area (Å²) in [4.78, 5) is 9.40. The Balaban J connectivity index is 1.98. The number of aromatic nitrogens is 3. The van der Waals surface area contributed by atoms with E-state index in [0.29, 0.717) is 6.54 Å². The predicted molar refractivity (Wildman–Crippen MR) is 84.6 cm³/mol. The van der Waals surface area contributed by atoms with Gasteiger partial charge in [0, 0.05) is 25.5 Å². The standard InChI is InChI=1S/C14H18N4O2S/c1-3-21(19,20)9-8-17(2)13-5-4-11-10-16-14-12(18(11)13)6-7-15-14/h4-7,10,15H,3,8-9H2,1-2H3. The summed E-state index contributed by atoms with van der Waals surface area (Å²) >= 11 is 0. The molecule has 0 saturated carbocycles. The van der Waals surface area contributed by atoms with Crippen LogP contribution in [0.4, 0.5) is 5.82 Å². The molecule has 0 atom stereocenters. The van der Waals surface area contributed by atoms with Gasteiger partial charge in [-0.2, -0.15) is 0 Å². The minimum atomic E-state index is -2.96. The van der Waals surface area contributed by atoms with Gasteiger partial charge in [-0.05, 0) is 18.2 Å². The molecule has 0 amide bonds. The molecule has 7 heteroatoms. The largest absolute Gasteiger partial charge is 0.360 e. The first-order valence-corrected chi connectivity index (χ1v) is 8.69. The van der Waals surface area contributed by atoms with Crippen molar-refractivity contribution in [2.75, 3.05) is 30.0 Å². The number of fused-ring (bicyclic) bond motifs is 3. The maximum absolute atomic E-state index is 11.7. The third-order valence-corrected chi connectivity index (χ3v) is 5.41. The monoisotopic (exact) mass is 306 g/mol. The van der Waals surface area contributed by atoms with Crippen LogP contribution in [-0.2, 0) is 9.84 Å². The minimum absolute atomic E-state index is 0.161. The van der Waals surface area contributed by atoms with E-state index >= 15 is 0 Å². The van der Waals surface area contributed by atoms with Crippen LogP contribution in [0, 0.1) is 0 Å². The molecule has 0 aliphatic heterocycles. The second-order valence-electron chi connectivity index (χ2n) is 5.08. The molecule has 0 aliphatic rings. The van der Waals surface area contributed by atoms with Gasteiger partial charge >= 0.3 is 0 Å². The highest BCUT2D eigenvalue weighted by molar-refractivity contribution is 7.91. The van der Waals surface area contributed by atoms with Crippen LogP contribution in [-0.4, -0.2) is 47.9 Å². The Labute approximate surface area is 123 Å². The molecule has 6 nitrogen and oxygen atoms in total. The number of hydrogen-bond donors (Lipinski definition) is 1. The van der Waals surface area contributed by atoms with E-state index in [1.54, 1.807) is 13.1 Å². The zero-order valence-corrected chi connectivity index (χ0v) is 12.9. The van der Waals surface area contributed by atoms with Gasteiger partial charge in [0.15, 0.2) is 15.5 Å². The average molecular weight is 306 g/mol. The summed E-state index contributed by atoms with van der Waals surface area (Å²) < 4.78 is 25.4. The van der Waals surface area contributed by atoms with Crippen molar-refractivity contribution in [2.45, 2.75) is 6.92 Å². The van der Waals surface area contributed by atoms with E-state index in [9.17, 15) is 8.42 Å². The molecule has 0 aromatic carbocycles. The maximum Gasteiger partial charge on any atom is 0.154 e. The predicted octanol–water partition coefficient (Wildman–Crippen LogP) is 1.69. The number of H-pyrrole nitrogens is 1. The number of anilines is 1. The summed E-state index contributed by atoms with van der Waals surface area (Å²) in [5.41, 5.74) is 2.79. The average Bonchev–Trinajstić information content (AvgIpc) is 3.09. The molecule has 0 unspecified atom stereocenters. The topological polar surface area (TPSA) is 70.5 Å². The van der Waals surface area contributed by atoms with Crippen molar-refractivity contribution < 1.29 is 8.42 Å². The zero-order valence-electron chi connectivity index (χ0n) is 12.1. The first-order chi connectivity index (χ1) is 10.0. The van der Waals surface area contributed by atoms with Crippen LogP contribution in [0.2, 0.25) is 0 Å². The van der Waals surface area contributed by atoms with Crippen LogP contribution >= 0.6 is 0 Å². The van der Waals surface area contributed by atoms with E-state index in [1.165, 1.54) is 0 Å². The molecule has 0 bridgehead atoms. The third kappa shape index (κ3) is 2.49. The highest BCUT2D eigenvalue weighted by atomic mass is 32.2. The zero-order chi connectivity index (χ0) is 15.0. The van der Waals surface area contributed by atoms with Gasteiger partial charge in [-0.15, -0.1) is 0 Å². The Hall–Kier alpha value is -2.02. The van der Waals surface area contributed by atoms with Crippen molar-refractivity contribution in [2.24, 2.45) is 0 Å². The summed E-state index contributed by atoms with van der Waals surface area (Å²) in [5.74, 6) is 1.30. The van der Waals surface area contributed by atoms with E-state index in [-0.39, 0.29) is 11.5 Å². The lowest BCUT2D eigenvalue weighted by molar-refractivity contribution is 0.596. The van der Waals surface area contributed by atoms with Gasteiger partial charge in [0.1, 0.15) is 5.82 Å². The normalized spacial score (nSPS) is 12.3. The Bertz CT molecular complexity index is 879. The maximum atomic E-state index is 11.7. The van der Waals surface area contributed by atoms with Crippen LogP contribution in [0.5, 0.6) is 0 Å². The van der Waals surface area contributed by atoms with Gasteiger partial charge in [-0.1, -0.05) is 6.92 Å². The molecule has 0 aliphatic carbocycles. The number of rotatable bonds is 5. The quantitative estimate of drug-likeness (QED) is 0.778. The highest BCUT2D eigenvalue weighted by Gasteiger charge is 2.14. The summed E-state index contributed by atoms with van der Waals surface area (Å²) in [6.45, 7) is 2.15. The van der Waals surface area contributed by atoms with E-state index < -0.39 is 9.84 Å². The molecular weight excluding hydrogens is 288 g/mol. The summed E-state index contributed by atoms with van der Waals surface area (Å²) in [5, 5.41) is 0. The molecule has 112 valence electrons. The lowest BCUT2D eigenvalue weighted by Gasteiger charge is -2.19. The van der Waals surface area contributed by atoms with E-state index in [0.717, 1.165) is 22.5 Å². The van der Waals surface area contributed by atoms with Gasteiger partial charge in [0.05, 0.1) is 23.0 Å². The second-order valence-corrected chi connectivity index (χ2v) is 7.55. The Morgan fingerprint density at radius 3 is 2.90 bits per heavy atom. The number of hydrogen-bond acceptors (Lipinski definition) is 4. The Morgan fingerprint density at radius 2 is 2.14 bits per heavy atom. The lowest BCUT2D eigenvalue weighted by Crippen LogP contribution is -2.27. The smallest absolute Gasteiger partial charge is 0.154 e. The summed E-state index contributed by atoms with van der Waals surface area (Å²) in [6.07, 6.45) is 3.65. The molecule has 0 saturated heterocycles. The Kier molecular flexibility index (Phi) is 3.36. The number of nitrogens with one attached hydrogen (secondary N) is 1. The van der Waals surface area contributed by atoms with Crippen LogP contribution < -0.4 is 4.90 Å². The van der Waals surface area contributed by atoms with Crippen molar-refractivity contribution in [1.82, 2.24) is 14.4 Å². The highest BCUT2D eigenvalue weighted by Crippen LogP contribution is 2.23. The number of sulfone groups is 1. The van der Waals surface area contributed by atoms with Gasteiger partial charge < -0.3 is 9.88 Å². The number of aromatic amines is 1. The Morgan fingerprint density at radius 1 is 1.33 bits per heavy atom. The van der Waals surface area contributed by atoms with Gasteiger partial charge in [-0.25, -0.2) is 13.4 Å². The fourth-order valence-electron chi connectivity index (χ4n) is 2.40. The molecule has 0 fully saturated rings. The number of nitrogens with zero attached hydrogens (tertiary/aromatic N) is 3. The van der Waals surface area contributed by atoms with E-state index in [1.807, 2.05) is 36.3 Å². The van der Waals surface area contributed by atoms with Crippen molar-refractivity contribution >= 4 is 32.3 Å². The SMILES string of the molecule is CCS(=O)(=O)CCN(C)c1ccc2cnc3[nH]ccc3n12. The molecule has 21 heavy (non-hydrogen) atoms. The fourth-order valence-corrected chi connectivity index (χ4v) is 3.25. The molecule has 1 N–H and O–H groups in total. The van der Waals surface area contributed by atoms with Crippen molar-refractivity contribution in [3.63, 3.8) is 0 Å². The molecule has 3 heterocycles. The molecular formula is C14H18N4O2S. The van der Waals surface area contributed by atoms with Gasteiger partial charge in [0.2, 0.25) is 0 Å². The molecule has 3 rings (SSSR count). The van der Waals surface area contributed by atoms with Crippen LogP contribution in [0.3, 0.4) is 0 Å². The molecule has 3 aromatic rings. The summed E-state index contributed by atoms with van der Waals surface area (Å²) in [7, 11) is -1.05. The fraction of sp³-hybridized carbons (Fsp3) is 0.357. The van der Waals surface area contributed by atoms with Crippen molar-refractivity contribution in [1.29, 1.82) is 0 Å². The second kappa shape index (κ2) is 5.07.